The van der Waals surface area contributed by atoms with Gasteiger partial charge in [-0.1, -0.05) is 24.3 Å². The van der Waals surface area contributed by atoms with Gasteiger partial charge in [0.05, 0.1) is 5.39 Å². The lowest BCUT2D eigenvalue weighted by Gasteiger charge is -2.13. The molecule has 0 spiro atoms. The van der Waals surface area contributed by atoms with E-state index in [2.05, 4.69) is 39.6 Å². The van der Waals surface area contributed by atoms with Crippen LogP contribution < -0.4 is 11.1 Å². The molecule has 0 aliphatic heterocycles. The van der Waals surface area contributed by atoms with Crippen molar-refractivity contribution in [3.8, 4) is 0 Å². The summed E-state index contributed by atoms with van der Waals surface area (Å²) >= 11 is 1.59. The second-order valence-corrected chi connectivity index (χ2v) is 5.98. The van der Waals surface area contributed by atoms with Gasteiger partial charge in [-0.3, -0.25) is 0 Å². The third-order valence-corrected chi connectivity index (χ3v) is 4.54. The molecule has 1 aliphatic rings. The van der Waals surface area contributed by atoms with E-state index in [0.29, 0.717) is 12.0 Å². The van der Waals surface area contributed by atoms with E-state index in [1.165, 1.54) is 11.1 Å². The van der Waals surface area contributed by atoms with Crippen LogP contribution in [-0.4, -0.2) is 16.0 Å². The maximum atomic E-state index is 5.79. The standard InChI is InChI=1S/C15H14N4S/c16-15-18-13(12-5-6-20-14(12)19-15)17-11-7-9-3-1-2-4-10(9)8-11/h1-6,11H,7-8H2,(H3,16,17,18,19). The van der Waals surface area contributed by atoms with E-state index < -0.39 is 0 Å². The minimum Gasteiger partial charge on any atom is -0.368 e. The number of anilines is 2. The summed E-state index contributed by atoms with van der Waals surface area (Å²) in [4.78, 5) is 9.56. The van der Waals surface area contributed by atoms with Crippen LogP contribution in [0, 0.1) is 0 Å². The second-order valence-electron chi connectivity index (χ2n) is 5.09. The molecule has 1 aliphatic carbocycles. The van der Waals surface area contributed by atoms with Crippen molar-refractivity contribution in [2.45, 2.75) is 18.9 Å². The van der Waals surface area contributed by atoms with Crippen molar-refractivity contribution in [1.82, 2.24) is 9.97 Å². The topological polar surface area (TPSA) is 63.8 Å². The molecule has 3 aromatic rings. The largest absolute Gasteiger partial charge is 0.368 e. The summed E-state index contributed by atoms with van der Waals surface area (Å²) in [5, 5.41) is 6.61. The molecule has 0 bridgehead atoms. The van der Waals surface area contributed by atoms with E-state index in [4.69, 9.17) is 5.73 Å². The van der Waals surface area contributed by atoms with Gasteiger partial charge in [0.15, 0.2) is 0 Å². The van der Waals surface area contributed by atoms with Crippen molar-refractivity contribution < 1.29 is 0 Å². The van der Waals surface area contributed by atoms with E-state index in [-0.39, 0.29) is 0 Å². The number of hydrogen-bond donors (Lipinski definition) is 2. The zero-order valence-electron chi connectivity index (χ0n) is 10.8. The number of fused-ring (bicyclic) bond motifs is 2. The molecule has 0 atom stereocenters. The fraction of sp³-hybridized carbons (Fsp3) is 0.200. The van der Waals surface area contributed by atoms with E-state index in [9.17, 15) is 0 Å². The number of aromatic nitrogens is 2. The maximum absolute atomic E-state index is 5.79. The Kier molecular flexibility index (Phi) is 2.60. The van der Waals surface area contributed by atoms with Crippen molar-refractivity contribution in [2.75, 3.05) is 11.1 Å². The number of nitrogens with zero attached hydrogens (tertiary/aromatic N) is 2. The van der Waals surface area contributed by atoms with Gasteiger partial charge in [0.2, 0.25) is 5.95 Å². The molecule has 0 saturated carbocycles. The molecule has 0 radical (unpaired) electrons. The van der Waals surface area contributed by atoms with Crippen molar-refractivity contribution in [1.29, 1.82) is 0 Å². The lowest BCUT2D eigenvalue weighted by Crippen LogP contribution is -2.20. The van der Waals surface area contributed by atoms with Gasteiger partial charge in [0.25, 0.3) is 0 Å². The smallest absolute Gasteiger partial charge is 0.223 e. The molecular formula is C15H14N4S. The van der Waals surface area contributed by atoms with Gasteiger partial charge in [-0.05, 0) is 35.4 Å². The van der Waals surface area contributed by atoms with Gasteiger partial charge in [-0.15, -0.1) is 11.3 Å². The van der Waals surface area contributed by atoms with E-state index in [0.717, 1.165) is 28.9 Å². The molecule has 0 unspecified atom stereocenters. The molecule has 3 N–H and O–H groups in total. The number of rotatable bonds is 2. The predicted molar refractivity (Wildman–Crippen MR) is 83.1 cm³/mol. The number of nitrogens with one attached hydrogen (secondary N) is 1. The Bertz CT molecular complexity index is 755. The van der Waals surface area contributed by atoms with Crippen LogP contribution in [0.4, 0.5) is 11.8 Å². The van der Waals surface area contributed by atoms with Crippen LogP contribution in [0.3, 0.4) is 0 Å². The Morgan fingerprint density at radius 1 is 1.10 bits per heavy atom. The highest BCUT2D eigenvalue weighted by Crippen LogP contribution is 2.29. The average Bonchev–Trinajstić information content (AvgIpc) is 3.03. The van der Waals surface area contributed by atoms with Crippen LogP contribution in [0.15, 0.2) is 35.7 Å². The van der Waals surface area contributed by atoms with Gasteiger partial charge in [-0.2, -0.15) is 4.98 Å². The Labute approximate surface area is 120 Å². The Morgan fingerprint density at radius 2 is 1.85 bits per heavy atom. The number of benzene rings is 1. The van der Waals surface area contributed by atoms with Crippen LogP contribution in [-0.2, 0) is 12.8 Å². The van der Waals surface area contributed by atoms with Gasteiger partial charge in [0, 0.05) is 6.04 Å². The summed E-state index contributed by atoms with van der Waals surface area (Å²) in [6, 6.07) is 11.0. The van der Waals surface area contributed by atoms with Crippen LogP contribution in [0.25, 0.3) is 10.2 Å². The molecule has 1 aromatic carbocycles. The first-order chi connectivity index (χ1) is 9.79. The number of hydrogen-bond acceptors (Lipinski definition) is 5. The van der Waals surface area contributed by atoms with Crippen LogP contribution >= 0.6 is 11.3 Å². The Hall–Kier alpha value is -2.14. The SMILES string of the molecule is Nc1nc(NC2Cc3ccccc3C2)c2ccsc2n1. The molecule has 20 heavy (non-hydrogen) atoms. The molecule has 0 saturated heterocycles. The third-order valence-electron chi connectivity index (χ3n) is 3.73. The van der Waals surface area contributed by atoms with Crippen LogP contribution in [0.1, 0.15) is 11.1 Å². The Balaban J connectivity index is 1.65. The minimum atomic E-state index is 0.331. The second kappa shape index (κ2) is 4.45. The van der Waals surface area contributed by atoms with Gasteiger partial charge >= 0.3 is 0 Å². The first-order valence-electron chi connectivity index (χ1n) is 6.63. The lowest BCUT2D eigenvalue weighted by molar-refractivity contribution is 0.770. The summed E-state index contributed by atoms with van der Waals surface area (Å²) in [5.41, 5.74) is 8.64. The molecule has 0 amide bonds. The first kappa shape index (κ1) is 11.7. The highest BCUT2D eigenvalue weighted by molar-refractivity contribution is 7.16. The Morgan fingerprint density at radius 3 is 2.60 bits per heavy atom. The van der Waals surface area contributed by atoms with Crippen molar-refractivity contribution in [2.24, 2.45) is 0 Å². The van der Waals surface area contributed by atoms with Crippen LogP contribution in [0.5, 0.6) is 0 Å². The number of thiophene rings is 1. The molecule has 2 aromatic heterocycles. The van der Waals surface area contributed by atoms with E-state index in [1.807, 2.05) is 11.4 Å². The van der Waals surface area contributed by atoms with Crippen LogP contribution in [0.2, 0.25) is 0 Å². The van der Waals surface area contributed by atoms with Gasteiger partial charge in [0.1, 0.15) is 10.6 Å². The fourth-order valence-electron chi connectivity index (χ4n) is 2.84. The van der Waals surface area contributed by atoms with Crippen molar-refractivity contribution in [3.05, 3.63) is 46.8 Å². The summed E-state index contributed by atoms with van der Waals surface area (Å²) < 4.78 is 0. The molecule has 4 rings (SSSR count). The summed E-state index contributed by atoms with van der Waals surface area (Å²) in [7, 11) is 0. The quantitative estimate of drug-likeness (QED) is 0.758. The maximum Gasteiger partial charge on any atom is 0.223 e. The molecule has 100 valence electrons. The summed E-state index contributed by atoms with van der Waals surface area (Å²) in [5.74, 6) is 1.18. The van der Waals surface area contributed by atoms with Gasteiger partial charge in [-0.25, -0.2) is 4.98 Å². The fourth-order valence-corrected chi connectivity index (χ4v) is 3.61. The molecule has 0 fully saturated rings. The number of nitrogen functional groups attached to an aromatic ring is 1. The normalized spacial score (nSPS) is 14.6. The summed E-state index contributed by atoms with van der Waals surface area (Å²) in [6.07, 6.45) is 2.07. The molecular weight excluding hydrogens is 268 g/mol. The highest BCUT2D eigenvalue weighted by Gasteiger charge is 2.22. The van der Waals surface area contributed by atoms with E-state index in [1.54, 1.807) is 11.3 Å². The predicted octanol–water partition coefficient (Wildman–Crippen LogP) is 2.85. The molecule has 4 nitrogen and oxygen atoms in total. The molecule has 2 heterocycles. The van der Waals surface area contributed by atoms with Crippen molar-refractivity contribution in [3.63, 3.8) is 0 Å². The third kappa shape index (κ3) is 1.91. The van der Waals surface area contributed by atoms with Gasteiger partial charge < -0.3 is 11.1 Å². The monoisotopic (exact) mass is 282 g/mol. The lowest BCUT2D eigenvalue weighted by atomic mass is 10.1. The zero-order chi connectivity index (χ0) is 13.5. The first-order valence-corrected chi connectivity index (χ1v) is 7.51. The highest BCUT2D eigenvalue weighted by atomic mass is 32.1. The van der Waals surface area contributed by atoms with E-state index >= 15 is 0 Å². The van der Waals surface area contributed by atoms with Crippen molar-refractivity contribution >= 4 is 33.3 Å². The minimum absolute atomic E-state index is 0.331. The molecule has 5 heteroatoms. The average molecular weight is 282 g/mol. The summed E-state index contributed by atoms with van der Waals surface area (Å²) in [6.45, 7) is 0. The zero-order valence-corrected chi connectivity index (χ0v) is 11.7. The number of nitrogens with two attached hydrogens (primary N) is 1.